The van der Waals surface area contributed by atoms with Crippen LogP contribution in [0.15, 0.2) is 41.9 Å². The van der Waals surface area contributed by atoms with E-state index in [1.807, 2.05) is 24.1 Å². The van der Waals surface area contributed by atoms with Crippen LogP contribution in [0, 0.1) is 0 Å². The molecule has 0 aliphatic heterocycles. The summed E-state index contributed by atoms with van der Waals surface area (Å²) in [5, 5.41) is 2.64. The molecule has 5 heteroatoms. The Kier molecular flexibility index (Phi) is 5.60. The molecule has 0 heterocycles. The molecule has 1 aromatic carbocycles. The number of nitrogens with one attached hydrogen (secondary N) is 1. The molecule has 0 fully saturated rings. The largest absolute Gasteiger partial charge is 0.450 e. The summed E-state index contributed by atoms with van der Waals surface area (Å²) in [6, 6.07) is 7.38. The third-order valence-corrected chi connectivity index (χ3v) is 2.53. The number of nitrogens with zero attached hydrogens (tertiary/aromatic N) is 2. The zero-order valence-electron chi connectivity index (χ0n) is 11.5. The van der Waals surface area contributed by atoms with Crippen LogP contribution < -0.4 is 10.2 Å². The van der Waals surface area contributed by atoms with Gasteiger partial charge in [0.2, 0.25) is 0 Å². The van der Waals surface area contributed by atoms with Crippen molar-refractivity contribution < 1.29 is 9.53 Å². The van der Waals surface area contributed by atoms with Crippen LogP contribution in [0.1, 0.15) is 6.92 Å². The lowest BCUT2D eigenvalue weighted by Gasteiger charge is -2.19. The molecule has 0 aliphatic carbocycles. The van der Waals surface area contributed by atoms with Gasteiger partial charge in [-0.05, 0) is 37.3 Å². The molecular weight excluding hydrogens is 242 g/mol. The number of ether oxygens (including phenoxy) is 1. The van der Waals surface area contributed by atoms with Gasteiger partial charge in [-0.15, -0.1) is 0 Å². The highest BCUT2D eigenvalue weighted by atomic mass is 16.5. The zero-order chi connectivity index (χ0) is 14.3. The van der Waals surface area contributed by atoms with Gasteiger partial charge in [-0.3, -0.25) is 10.3 Å². The third-order valence-electron chi connectivity index (χ3n) is 2.53. The summed E-state index contributed by atoms with van der Waals surface area (Å²) in [5.41, 5.74) is 1.64. The predicted molar refractivity (Wildman–Crippen MR) is 79.0 cm³/mol. The summed E-state index contributed by atoms with van der Waals surface area (Å²) in [6.45, 7) is 5.82. The van der Waals surface area contributed by atoms with Crippen LogP contribution in [0.4, 0.5) is 16.2 Å². The molecule has 0 spiro atoms. The minimum atomic E-state index is -0.453. The molecule has 1 amide bonds. The van der Waals surface area contributed by atoms with E-state index in [2.05, 4.69) is 16.9 Å². The Balaban J connectivity index is 2.76. The summed E-state index contributed by atoms with van der Waals surface area (Å²) in [6.07, 6.45) is 1.23. The van der Waals surface area contributed by atoms with Crippen LogP contribution in [-0.2, 0) is 4.74 Å². The molecule has 102 valence electrons. The number of aliphatic imine (C=N–C) groups is 1. The topological polar surface area (TPSA) is 53.9 Å². The van der Waals surface area contributed by atoms with Crippen molar-refractivity contribution in [2.24, 2.45) is 4.99 Å². The number of carbonyl (C=O) groups is 1. The number of carbonyl (C=O) groups excluding carboxylic acids is 1. The number of benzene rings is 1. The average molecular weight is 261 g/mol. The van der Waals surface area contributed by atoms with Crippen molar-refractivity contribution in [1.29, 1.82) is 0 Å². The molecule has 0 aromatic heterocycles. The smallest absolute Gasteiger partial charge is 0.411 e. The molecule has 0 aliphatic rings. The second kappa shape index (κ2) is 7.20. The van der Waals surface area contributed by atoms with E-state index in [1.54, 1.807) is 32.2 Å². The zero-order valence-corrected chi connectivity index (χ0v) is 11.5. The molecule has 0 unspecified atom stereocenters. The van der Waals surface area contributed by atoms with Gasteiger partial charge >= 0.3 is 6.09 Å². The Morgan fingerprint density at radius 1 is 1.47 bits per heavy atom. The Morgan fingerprint density at radius 2 is 2.11 bits per heavy atom. The summed E-state index contributed by atoms with van der Waals surface area (Å²) < 4.78 is 4.80. The molecule has 0 saturated carbocycles. The summed E-state index contributed by atoms with van der Waals surface area (Å²) in [5.74, 6) is 0.770. The van der Waals surface area contributed by atoms with Crippen LogP contribution in [0.3, 0.4) is 0 Å². The number of rotatable bonds is 4. The first-order valence-electron chi connectivity index (χ1n) is 5.99. The first kappa shape index (κ1) is 14.8. The fourth-order valence-corrected chi connectivity index (χ4v) is 1.56. The number of amidine groups is 1. The quantitative estimate of drug-likeness (QED) is 0.669. The van der Waals surface area contributed by atoms with Gasteiger partial charge in [0.1, 0.15) is 5.84 Å². The molecule has 0 radical (unpaired) electrons. The third kappa shape index (κ3) is 4.13. The Bertz CT molecular complexity index is 466. The first-order chi connectivity index (χ1) is 9.12. The van der Waals surface area contributed by atoms with Crippen LogP contribution in [0.25, 0.3) is 0 Å². The highest BCUT2D eigenvalue weighted by molar-refractivity contribution is 6.05. The first-order valence-corrected chi connectivity index (χ1v) is 5.99. The van der Waals surface area contributed by atoms with Crippen molar-refractivity contribution >= 4 is 23.3 Å². The Hall–Kier alpha value is -2.30. The summed E-state index contributed by atoms with van der Waals surface area (Å²) >= 11 is 0. The van der Waals surface area contributed by atoms with Crippen molar-refractivity contribution in [2.45, 2.75) is 6.92 Å². The van der Waals surface area contributed by atoms with E-state index in [4.69, 9.17) is 4.74 Å². The van der Waals surface area contributed by atoms with Crippen molar-refractivity contribution in [2.75, 3.05) is 30.9 Å². The SMILES string of the molecule is C=CC(=NC)N(C)c1ccc(NC(=O)OCC)cc1. The van der Waals surface area contributed by atoms with Crippen molar-refractivity contribution in [3.05, 3.63) is 36.9 Å². The van der Waals surface area contributed by atoms with E-state index in [0.717, 1.165) is 11.5 Å². The highest BCUT2D eigenvalue weighted by Gasteiger charge is 2.06. The molecule has 1 rings (SSSR count). The van der Waals surface area contributed by atoms with E-state index in [-0.39, 0.29) is 0 Å². The maximum absolute atomic E-state index is 11.3. The minimum Gasteiger partial charge on any atom is -0.450 e. The van der Waals surface area contributed by atoms with Crippen LogP contribution >= 0.6 is 0 Å². The van der Waals surface area contributed by atoms with Gasteiger partial charge in [0.25, 0.3) is 0 Å². The van der Waals surface area contributed by atoms with Gasteiger partial charge in [-0.25, -0.2) is 4.79 Å². The van der Waals surface area contributed by atoms with Gasteiger partial charge in [0.15, 0.2) is 0 Å². The number of likely N-dealkylation sites (N-methyl/N-ethyl adjacent to an activating group) is 1. The normalized spacial score (nSPS) is 10.8. The maximum atomic E-state index is 11.3. The van der Waals surface area contributed by atoms with E-state index < -0.39 is 6.09 Å². The molecule has 0 saturated heterocycles. The van der Waals surface area contributed by atoms with E-state index >= 15 is 0 Å². The van der Waals surface area contributed by atoms with Gasteiger partial charge in [0.05, 0.1) is 6.61 Å². The Morgan fingerprint density at radius 3 is 2.58 bits per heavy atom. The summed E-state index contributed by atoms with van der Waals surface area (Å²) in [7, 11) is 3.61. The van der Waals surface area contributed by atoms with Crippen molar-refractivity contribution in [3.63, 3.8) is 0 Å². The van der Waals surface area contributed by atoms with Crippen LogP contribution in [0.5, 0.6) is 0 Å². The van der Waals surface area contributed by atoms with Crippen LogP contribution in [0.2, 0.25) is 0 Å². The van der Waals surface area contributed by atoms with Crippen molar-refractivity contribution in [1.82, 2.24) is 0 Å². The fraction of sp³-hybridized carbons (Fsp3) is 0.286. The molecule has 0 atom stereocenters. The van der Waals surface area contributed by atoms with Gasteiger partial charge in [-0.2, -0.15) is 0 Å². The minimum absolute atomic E-state index is 0.350. The number of anilines is 2. The predicted octanol–water partition coefficient (Wildman–Crippen LogP) is 2.91. The number of hydrogen-bond donors (Lipinski definition) is 1. The molecular formula is C14H19N3O2. The molecule has 0 bridgehead atoms. The Labute approximate surface area is 113 Å². The van der Waals surface area contributed by atoms with E-state index in [1.165, 1.54) is 0 Å². The molecule has 1 aromatic rings. The second-order valence-electron chi connectivity index (χ2n) is 3.74. The van der Waals surface area contributed by atoms with Gasteiger partial charge in [0, 0.05) is 25.5 Å². The lowest BCUT2D eigenvalue weighted by molar-refractivity contribution is 0.168. The lowest BCUT2D eigenvalue weighted by atomic mass is 10.2. The van der Waals surface area contributed by atoms with E-state index in [0.29, 0.717) is 12.3 Å². The van der Waals surface area contributed by atoms with Gasteiger partial charge in [-0.1, -0.05) is 6.58 Å². The highest BCUT2D eigenvalue weighted by Crippen LogP contribution is 2.17. The molecule has 19 heavy (non-hydrogen) atoms. The number of amides is 1. The van der Waals surface area contributed by atoms with E-state index in [9.17, 15) is 4.79 Å². The standard InChI is InChI=1S/C14H19N3O2/c1-5-13(15-3)17(4)12-9-7-11(8-10-12)16-14(18)19-6-2/h5,7-10H,1,6H2,2-4H3,(H,16,18). The average Bonchev–Trinajstić information content (AvgIpc) is 2.41. The molecule has 1 N–H and O–H groups in total. The summed E-state index contributed by atoms with van der Waals surface area (Å²) in [4.78, 5) is 17.3. The maximum Gasteiger partial charge on any atom is 0.411 e. The fourth-order valence-electron chi connectivity index (χ4n) is 1.56. The van der Waals surface area contributed by atoms with Gasteiger partial charge < -0.3 is 9.64 Å². The molecule has 5 nitrogen and oxygen atoms in total. The van der Waals surface area contributed by atoms with Crippen LogP contribution in [-0.4, -0.2) is 32.6 Å². The lowest BCUT2D eigenvalue weighted by Crippen LogP contribution is -2.24. The second-order valence-corrected chi connectivity index (χ2v) is 3.74. The van der Waals surface area contributed by atoms with Crippen molar-refractivity contribution in [3.8, 4) is 0 Å². The monoisotopic (exact) mass is 261 g/mol. The number of hydrogen-bond acceptors (Lipinski definition) is 3.